The van der Waals surface area contributed by atoms with Gasteiger partial charge in [-0.25, -0.2) is 0 Å². The number of hydrogen-bond donors (Lipinski definition) is 0. The largest absolute Gasteiger partial charge is 0.341 e. The standard InChI is InChI=1S/C18H19ClN2OS2/c19-16-4-2-1-3-15(16)17-7-10-21(11-12-23-17)18(22)13-24-14-5-8-20-9-6-14/h1-6,8-9,17H,7,10-13H2/t17-/m0/s1. The van der Waals surface area contributed by atoms with E-state index in [-0.39, 0.29) is 5.91 Å². The van der Waals surface area contributed by atoms with Crippen LogP contribution < -0.4 is 0 Å². The fraction of sp³-hybridized carbons (Fsp3) is 0.333. The third kappa shape index (κ3) is 4.68. The Balaban J connectivity index is 1.55. The maximum Gasteiger partial charge on any atom is 0.232 e. The molecule has 2 aromatic rings. The Hall–Kier alpha value is -1.17. The van der Waals surface area contributed by atoms with Crippen LogP contribution in [-0.4, -0.2) is 40.4 Å². The Morgan fingerprint density at radius 3 is 2.83 bits per heavy atom. The van der Waals surface area contributed by atoms with Crippen LogP contribution in [0.15, 0.2) is 53.7 Å². The molecule has 0 N–H and O–H groups in total. The number of thioether (sulfide) groups is 2. The lowest BCUT2D eigenvalue weighted by Crippen LogP contribution is -2.34. The molecule has 1 aromatic heterocycles. The molecule has 6 heteroatoms. The average molecular weight is 379 g/mol. The van der Waals surface area contributed by atoms with E-state index < -0.39 is 0 Å². The number of rotatable bonds is 4. The van der Waals surface area contributed by atoms with Crippen LogP contribution in [0, 0.1) is 0 Å². The first kappa shape index (κ1) is 17.6. The molecular weight excluding hydrogens is 360 g/mol. The summed E-state index contributed by atoms with van der Waals surface area (Å²) < 4.78 is 0. The van der Waals surface area contributed by atoms with E-state index in [0.29, 0.717) is 11.0 Å². The van der Waals surface area contributed by atoms with Crippen LogP contribution in [0.2, 0.25) is 5.02 Å². The number of pyridine rings is 1. The van der Waals surface area contributed by atoms with E-state index in [0.717, 1.165) is 35.2 Å². The van der Waals surface area contributed by atoms with E-state index in [1.165, 1.54) is 5.56 Å². The zero-order valence-corrected chi connectivity index (χ0v) is 15.6. The molecule has 0 bridgehead atoms. The third-order valence-electron chi connectivity index (χ3n) is 3.96. The van der Waals surface area contributed by atoms with Crippen molar-refractivity contribution in [2.24, 2.45) is 0 Å². The second-order valence-corrected chi connectivity index (χ2v) is 8.29. The van der Waals surface area contributed by atoms with E-state index in [1.807, 2.05) is 47.0 Å². The van der Waals surface area contributed by atoms with E-state index in [2.05, 4.69) is 11.1 Å². The number of amides is 1. The SMILES string of the molecule is O=C(CSc1ccncc1)N1CCS[C@H](c2ccccc2Cl)CC1. The minimum atomic E-state index is 0.206. The van der Waals surface area contributed by atoms with Gasteiger partial charge < -0.3 is 4.90 Å². The molecule has 1 fully saturated rings. The van der Waals surface area contributed by atoms with Crippen LogP contribution >= 0.6 is 35.1 Å². The maximum absolute atomic E-state index is 12.5. The van der Waals surface area contributed by atoms with Gasteiger partial charge in [0.2, 0.25) is 5.91 Å². The van der Waals surface area contributed by atoms with Crippen molar-refractivity contribution in [3.63, 3.8) is 0 Å². The fourth-order valence-corrected chi connectivity index (χ4v) is 5.06. The Morgan fingerprint density at radius 1 is 1.25 bits per heavy atom. The molecule has 0 aliphatic carbocycles. The summed E-state index contributed by atoms with van der Waals surface area (Å²) >= 11 is 9.79. The van der Waals surface area contributed by atoms with Crippen molar-refractivity contribution in [2.45, 2.75) is 16.6 Å². The number of benzene rings is 1. The Kier molecular flexibility index (Phi) is 6.46. The summed E-state index contributed by atoms with van der Waals surface area (Å²) in [5, 5.41) is 1.19. The minimum Gasteiger partial charge on any atom is -0.341 e. The first-order valence-corrected chi connectivity index (χ1v) is 10.3. The Bertz CT molecular complexity index is 684. The zero-order chi connectivity index (χ0) is 16.8. The highest BCUT2D eigenvalue weighted by atomic mass is 35.5. The second kappa shape index (κ2) is 8.79. The van der Waals surface area contributed by atoms with Crippen LogP contribution in [0.3, 0.4) is 0 Å². The summed E-state index contributed by atoms with van der Waals surface area (Å²) in [6.45, 7) is 1.60. The van der Waals surface area contributed by atoms with Gasteiger partial charge in [0.1, 0.15) is 0 Å². The molecule has 0 radical (unpaired) electrons. The lowest BCUT2D eigenvalue weighted by atomic mass is 10.1. The number of aromatic nitrogens is 1. The molecule has 126 valence electrons. The number of nitrogens with zero attached hydrogens (tertiary/aromatic N) is 2. The van der Waals surface area contributed by atoms with Gasteiger partial charge in [-0.1, -0.05) is 29.8 Å². The molecule has 3 rings (SSSR count). The first-order valence-electron chi connectivity index (χ1n) is 7.90. The van der Waals surface area contributed by atoms with Gasteiger partial charge in [0, 0.05) is 46.4 Å². The molecule has 2 heterocycles. The van der Waals surface area contributed by atoms with E-state index in [1.54, 1.807) is 24.2 Å². The highest BCUT2D eigenvalue weighted by Crippen LogP contribution is 2.37. The van der Waals surface area contributed by atoms with Crippen molar-refractivity contribution in [1.82, 2.24) is 9.88 Å². The highest BCUT2D eigenvalue weighted by Gasteiger charge is 2.23. The summed E-state index contributed by atoms with van der Waals surface area (Å²) in [7, 11) is 0. The molecule has 1 aliphatic rings. The lowest BCUT2D eigenvalue weighted by molar-refractivity contribution is -0.128. The fourth-order valence-electron chi connectivity index (χ4n) is 2.68. The predicted molar refractivity (Wildman–Crippen MR) is 103 cm³/mol. The minimum absolute atomic E-state index is 0.206. The molecular formula is C18H19ClN2OS2. The summed E-state index contributed by atoms with van der Waals surface area (Å²) in [6.07, 6.45) is 4.45. The number of carbonyl (C=O) groups excluding carboxylic acids is 1. The van der Waals surface area contributed by atoms with E-state index >= 15 is 0 Å². The van der Waals surface area contributed by atoms with Crippen molar-refractivity contribution >= 4 is 41.0 Å². The number of hydrogen-bond acceptors (Lipinski definition) is 4. The normalized spacial score (nSPS) is 18.2. The van der Waals surface area contributed by atoms with Gasteiger partial charge in [0.05, 0.1) is 5.75 Å². The molecule has 1 aliphatic heterocycles. The van der Waals surface area contributed by atoms with Crippen molar-refractivity contribution in [3.8, 4) is 0 Å². The van der Waals surface area contributed by atoms with Gasteiger partial charge in [0.25, 0.3) is 0 Å². The van der Waals surface area contributed by atoms with Gasteiger partial charge in [-0.3, -0.25) is 9.78 Å². The molecule has 1 atom stereocenters. The average Bonchev–Trinajstić information content (AvgIpc) is 2.87. The lowest BCUT2D eigenvalue weighted by Gasteiger charge is -2.20. The second-order valence-electron chi connectivity index (χ2n) is 5.52. The molecule has 0 spiro atoms. The molecule has 24 heavy (non-hydrogen) atoms. The Morgan fingerprint density at radius 2 is 2.04 bits per heavy atom. The molecule has 0 saturated carbocycles. The topological polar surface area (TPSA) is 33.2 Å². The van der Waals surface area contributed by atoms with Gasteiger partial charge in [-0.2, -0.15) is 11.8 Å². The van der Waals surface area contributed by atoms with Crippen molar-refractivity contribution < 1.29 is 4.79 Å². The van der Waals surface area contributed by atoms with Crippen LogP contribution in [0.1, 0.15) is 17.2 Å². The van der Waals surface area contributed by atoms with Crippen LogP contribution in [0.25, 0.3) is 0 Å². The molecule has 1 aromatic carbocycles. The van der Waals surface area contributed by atoms with Gasteiger partial charge in [-0.15, -0.1) is 11.8 Å². The summed E-state index contributed by atoms with van der Waals surface area (Å²) in [5.74, 6) is 1.63. The van der Waals surface area contributed by atoms with Gasteiger partial charge in [-0.05, 0) is 30.2 Å². The maximum atomic E-state index is 12.5. The monoisotopic (exact) mass is 378 g/mol. The van der Waals surface area contributed by atoms with Gasteiger partial charge >= 0.3 is 0 Å². The van der Waals surface area contributed by atoms with Crippen molar-refractivity contribution in [2.75, 3.05) is 24.6 Å². The molecule has 1 amide bonds. The summed E-state index contributed by atoms with van der Waals surface area (Å²) in [4.78, 5) is 19.5. The van der Waals surface area contributed by atoms with Crippen LogP contribution in [0.4, 0.5) is 0 Å². The summed E-state index contributed by atoms with van der Waals surface area (Å²) in [5.41, 5.74) is 1.18. The Labute approximate surface area is 156 Å². The van der Waals surface area contributed by atoms with Crippen molar-refractivity contribution in [1.29, 1.82) is 0 Å². The summed E-state index contributed by atoms with van der Waals surface area (Å²) in [6, 6.07) is 11.9. The number of halogens is 1. The first-order chi connectivity index (χ1) is 11.7. The van der Waals surface area contributed by atoms with E-state index in [4.69, 9.17) is 11.6 Å². The van der Waals surface area contributed by atoms with Crippen molar-refractivity contribution in [3.05, 3.63) is 59.4 Å². The van der Waals surface area contributed by atoms with E-state index in [9.17, 15) is 4.79 Å². The molecule has 3 nitrogen and oxygen atoms in total. The third-order valence-corrected chi connectivity index (χ3v) is 6.61. The predicted octanol–water partition coefficient (Wildman–Crippen LogP) is 4.53. The smallest absolute Gasteiger partial charge is 0.232 e. The molecule has 0 unspecified atom stereocenters. The van der Waals surface area contributed by atoms with Gasteiger partial charge in [0.15, 0.2) is 0 Å². The van der Waals surface area contributed by atoms with Crippen LogP contribution in [0.5, 0.6) is 0 Å². The van der Waals surface area contributed by atoms with Crippen LogP contribution in [-0.2, 0) is 4.79 Å². The highest BCUT2D eigenvalue weighted by molar-refractivity contribution is 8.00. The quantitative estimate of drug-likeness (QED) is 0.731. The number of carbonyl (C=O) groups is 1. The zero-order valence-electron chi connectivity index (χ0n) is 13.2. The molecule has 1 saturated heterocycles.